The second-order valence-corrected chi connectivity index (χ2v) is 6.19. The minimum atomic E-state index is -0.908. The average Bonchev–Trinajstić information content (AvgIpc) is 2.54. The van der Waals surface area contributed by atoms with Crippen LogP contribution in [0, 0.1) is 5.82 Å². The summed E-state index contributed by atoms with van der Waals surface area (Å²) in [5.41, 5.74) is -0.484. The molecule has 0 aliphatic carbocycles. The minimum absolute atomic E-state index is 0.301. The van der Waals surface area contributed by atoms with Gasteiger partial charge in [-0.05, 0) is 37.6 Å². The van der Waals surface area contributed by atoms with E-state index in [-0.39, 0.29) is 11.9 Å². The lowest BCUT2D eigenvalue weighted by Gasteiger charge is -2.42. The summed E-state index contributed by atoms with van der Waals surface area (Å²) in [6.07, 6.45) is 1.79. The van der Waals surface area contributed by atoms with Gasteiger partial charge in [0.15, 0.2) is 0 Å². The minimum Gasteiger partial charge on any atom is -0.486 e. The fourth-order valence-corrected chi connectivity index (χ4v) is 2.79. The van der Waals surface area contributed by atoms with Gasteiger partial charge in [-0.3, -0.25) is 9.88 Å². The molecule has 1 saturated heterocycles. The largest absolute Gasteiger partial charge is 0.486 e. The van der Waals surface area contributed by atoms with Gasteiger partial charge in [0.1, 0.15) is 23.3 Å². The Hall–Kier alpha value is -1.98. The van der Waals surface area contributed by atoms with E-state index in [1.165, 1.54) is 6.07 Å². The Morgan fingerprint density at radius 2 is 2.09 bits per heavy atom. The molecule has 4 nitrogen and oxygen atoms in total. The van der Waals surface area contributed by atoms with Gasteiger partial charge in [0, 0.05) is 25.8 Å². The van der Waals surface area contributed by atoms with E-state index in [1.54, 1.807) is 19.2 Å². The van der Waals surface area contributed by atoms with Crippen molar-refractivity contribution in [1.29, 1.82) is 0 Å². The van der Waals surface area contributed by atoms with Crippen LogP contribution in [0.25, 0.3) is 0 Å². The highest BCUT2D eigenvalue weighted by molar-refractivity contribution is 5.22. The standard InChI is InChI=1S/C18H21FN2O2/c1-18(22)9-11-21(12-16-15(19)8-5-10-20-16)13-17(18)23-14-6-3-2-4-7-14/h2-8,10,17,22H,9,11-13H2,1H3/t17-,18-/m0/s1. The molecule has 0 unspecified atom stereocenters. The molecule has 1 N–H and O–H groups in total. The maximum Gasteiger partial charge on any atom is 0.146 e. The Morgan fingerprint density at radius 1 is 1.30 bits per heavy atom. The summed E-state index contributed by atoms with van der Waals surface area (Å²) in [4.78, 5) is 6.16. The maximum absolute atomic E-state index is 13.8. The van der Waals surface area contributed by atoms with E-state index in [0.29, 0.717) is 31.7 Å². The predicted molar refractivity (Wildman–Crippen MR) is 85.6 cm³/mol. The summed E-state index contributed by atoms with van der Waals surface area (Å²) in [6.45, 7) is 3.41. The Bertz CT molecular complexity index is 648. The second-order valence-electron chi connectivity index (χ2n) is 6.19. The Morgan fingerprint density at radius 3 is 2.83 bits per heavy atom. The first-order valence-corrected chi connectivity index (χ1v) is 7.80. The molecule has 0 radical (unpaired) electrons. The summed E-state index contributed by atoms with van der Waals surface area (Å²) in [6, 6.07) is 12.5. The number of piperidine rings is 1. The number of para-hydroxylation sites is 1. The first-order valence-electron chi connectivity index (χ1n) is 7.80. The predicted octanol–water partition coefficient (Wildman–Crippen LogP) is 2.63. The summed E-state index contributed by atoms with van der Waals surface area (Å²) in [5, 5.41) is 10.6. The number of rotatable bonds is 4. The molecule has 1 aliphatic heterocycles. The van der Waals surface area contributed by atoms with Crippen molar-refractivity contribution in [3.05, 3.63) is 60.2 Å². The molecule has 2 atom stereocenters. The lowest BCUT2D eigenvalue weighted by molar-refractivity contribution is -0.0967. The summed E-state index contributed by atoms with van der Waals surface area (Å²) in [5.74, 6) is 0.425. The van der Waals surface area contributed by atoms with Crippen LogP contribution in [0.5, 0.6) is 5.75 Å². The van der Waals surface area contributed by atoms with E-state index in [9.17, 15) is 9.50 Å². The molecule has 1 fully saturated rings. The molecule has 3 rings (SSSR count). The summed E-state index contributed by atoms with van der Waals surface area (Å²) < 4.78 is 19.7. The van der Waals surface area contributed by atoms with Crippen molar-refractivity contribution in [2.75, 3.05) is 13.1 Å². The van der Waals surface area contributed by atoms with Crippen LogP contribution in [0.15, 0.2) is 48.7 Å². The van der Waals surface area contributed by atoms with Gasteiger partial charge in [-0.15, -0.1) is 0 Å². The number of halogens is 1. The van der Waals surface area contributed by atoms with Crippen LogP contribution in [0.1, 0.15) is 19.0 Å². The number of pyridine rings is 1. The van der Waals surface area contributed by atoms with Crippen molar-refractivity contribution in [1.82, 2.24) is 9.88 Å². The van der Waals surface area contributed by atoms with Gasteiger partial charge < -0.3 is 9.84 Å². The van der Waals surface area contributed by atoms with Crippen LogP contribution in [-0.4, -0.2) is 39.8 Å². The molecule has 5 heteroatoms. The maximum atomic E-state index is 13.8. The van der Waals surface area contributed by atoms with Crippen LogP contribution < -0.4 is 4.74 Å². The number of hydrogen-bond donors (Lipinski definition) is 1. The molecule has 0 spiro atoms. The van der Waals surface area contributed by atoms with E-state index in [2.05, 4.69) is 9.88 Å². The fourth-order valence-electron chi connectivity index (χ4n) is 2.79. The van der Waals surface area contributed by atoms with Gasteiger partial charge in [0.05, 0.1) is 5.69 Å². The number of likely N-dealkylation sites (tertiary alicyclic amines) is 1. The average molecular weight is 316 g/mol. The van der Waals surface area contributed by atoms with E-state index < -0.39 is 5.60 Å². The molecule has 1 aliphatic rings. The van der Waals surface area contributed by atoms with Crippen molar-refractivity contribution in [2.45, 2.75) is 31.6 Å². The normalized spacial score (nSPS) is 25.3. The molecule has 0 bridgehead atoms. The first kappa shape index (κ1) is 15.9. The molecule has 0 saturated carbocycles. The van der Waals surface area contributed by atoms with Gasteiger partial charge >= 0.3 is 0 Å². The molecular weight excluding hydrogens is 295 g/mol. The third-order valence-electron chi connectivity index (χ3n) is 4.28. The Kier molecular flexibility index (Phi) is 4.59. The molecule has 1 aromatic carbocycles. The van der Waals surface area contributed by atoms with E-state index >= 15 is 0 Å². The second kappa shape index (κ2) is 6.64. The Balaban J connectivity index is 1.70. The zero-order valence-electron chi connectivity index (χ0n) is 13.2. The fraction of sp³-hybridized carbons (Fsp3) is 0.389. The van der Waals surface area contributed by atoms with Gasteiger partial charge in [0.25, 0.3) is 0 Å². The van der Waals surface area contributed by atoms with Gasteiger partial charge in [-0.1, -0.05) is 18.2 Å². The van der Waals surface area contributed by atoms with E-state index in [4.69, 9.17) is 4.74 Å². The number of hydrogen-bond acceptors (Lipinski definition) is 4. The number of nitrogens with zero attached hydrogens (tertiary/aromatic N) is 2. The van der Waals surface area contributed by atoms with Crippen LogP contribution in [0.4, 0.5) is 4.39 Å². The van der Waals surface area contributed by atoms with Gasteiger partial charge in [-0.2, -0.15) is 0 Å². The summed E-state index contributed by atoms with van der Waals surface area (Å²) in [7, 11) is 0. The van der Waals surface area contributed by atoms with Crippen molar-refractivity contribution in [2.24, 2.45) is 0 Å². The number of ether oxygens (including phenoxy) is 1. The molecule has 1 aromatic heterocycles. The number of aromatic nitrogens is 1. The molecule has 122 valence electrons. The smallest absolute Gasteiger partial charge is 0.146 e. The SMILES string of the molecule is C[C@]1(O)CCN(Cc2ncccc2F)C[C@@H]1Oc1ccccc1. The monoisotopic (exact) mass is 316 g/mol. The highest BCUT2D eigenvalue weighted by Gasteiger charge is 2.39. The van der Waals surface area contributed by atoms with Gasteiger partial charge in [0.2, 0.25) is 0 Å². The molecular formula is C18H21FN2O2. The zero-order valence-corrected chi connectivity index (χ0v) is 13.2. The molecule has 2 aromatic rings. The van der Waals surface area contributed by atoms with Gasteiger partial charge in [-0.25, -0.2) is 4.39 Å². The van der Waals surface area contributed by atoms with Crippen LogP contribution in [0.3, 0.4) is 0 Å². The first-order chi connectivity index (χ1) is 11.0. The molecule has 2 heterocycles. The van der Waals surface area contributed by atoms with Crippen LogP contribution in [-0.2, 0) is 6.54 Å². The highest BCUT2D eigenvalue weighted by atomic mass is 19.1. The van der Waals surface area contributed by atoms with Crippen molar-refractivity contribution < 1.29 is 14.2 Å². The lowest BCUT2D eigenvalue weighted by atomic mass is 9.90. The van der Waals surface area contributed by atoms with Crippen LogP contribution >= 0.6 is 0 Å². The third kappa shape index (κ3) is 3.86. The number of aliphatic hydroxyl groups is 1. The van der Waals surface area contributed by atoms with Crippen molar-refractivity contribution >= 4 is 0 Å². The van der Waals surface area contributed by atoms with E-state index in [1.807, 2.05) is 30.3 Å². The zero-order chi connectivity index (χ0) is 16.3. The van der Waals surface area contributed by atoms with Crippen molar-refractivity contribution in [3.8, 4) is 5.75 Å². The topological polar surface area (TPSA) is 45.6 Å². The van der Waals surface area contributed by atoms with Crippen LogP contribution in [0.2, 0.25) is 0 Å². The molecule has 0 amide bonds. The van der Waals surface area contributed by atoms with E-state index in [0.717, 1.165) is 5.75 Å². The molecule has 23 heavy (non-hydrogen) atoms. The highest BCUT2D eigenvalue weighted by Crippen LogP contribution is 2.27. The number of benzene rings is 1. The van der Waals surface area contributed by atoms with Crippen molar-refractivity contribution in [3.63, 3.8) is 0 Å². The quantitative estimate of drug-likeness (QED) is 0.942. The lowest BCUT2D eigenvalue weighted by Crippen LogP contribution is -2.56. The third-order valence-corrected chi connectivity index (χ3v) is 4.28. The summed E-state index contributed by atoms with van der Waals surface area (Å²) >= 11 is 0. The Labute approximate surface area is 135 Å².